The van der Waals surface area contributed by atoms with E-state index in [4.69, 9.17) is 4.74 Å². The topological polar surface area (TPSA) is 83.0 Å². The first-order valence-electron chi connectivity index (χ1n) is 8.97. The van der Waals surface area contributed by atoms with Crippen molar-refractivity contribution in [3.05, 3.63) is 29.8 Å². The lowest BCUT2D eigenvalue weighted by atomic mass is 10.2. The summed E-state index contributed by atoms with van der Waals surface area (Å²) in [5.74, 6) is 0.705. The minimum Gasteiger partial charge on any atom is -0.376 e. The van der Waals surface area contributed by atoms with Crippen LogP contribution in [0.15, 0.2) is 34.2 Å². The van der Waals surface area contributed by atoms with Crippen molar-refractivity contribution < 1.29 is 13.2 Å². The van der Waals surface area contributed by atoms with Crippen molar-refractivity contribution in [2.24, 2.45) is 4.99 Å². The third kappa shape index (κ3) is 5.43. The quantitative estimate of drug-likeness (QED) is 0.552. The number of nitrogens with zero attached hydrogens (tertiary/aromatic N) is 2. The number of hydrogen-bond donors (Lipinski definition) is 2. The van der Waals surface area contributed by atoms with E-state index in [9.17, 15) is 8.42 Å². The minimum absolute atomic E-state index is 0.0837. The second kappa shape index (κ2) is 9.34. The maximum atomic E-state index is 12.5. The summed E-state index contributed by atoms with van der Waals surface area (Å²) in [5.41, 5.74) is 0.983. The molecule has 1 heterocycles. The Morgan fingerprint density at radius 1 is 1.31 bits per heavy atom. The molecule has 8 heteroatoms. The fourth-order valence-corrected chi connectivity index (χ4v) is 4.01. The van der Waals surface area contributed by atoms with E-state index in [1.807, 2.05) is 26.0 Å². The van der Waals surface area contributed by atoms with E-state index in [0.29, 0.717) is 17.4 Å². The maximum Gasteiger partial charge on any atom is 0.243 e. The monoisotopic (exact) mass is 382 g/mol. The Labute approximate surface area is 156 Å². The molecule has 1 aliphatic rings. The van der Waals surface area contributed by atoms with Gasteiger partial charge in [-0.1, -0.05) is 12.1 Å². The summed E-state index contributed by atoms with van der Waals surface area (Å²) in [5, 5.41) is 6.49. The summed E-state index contributed by atoms with van der Waals surface area (Å²) in [6.45, 7) is 5.83. The molecule has 2 rings (SSSR count). The SMILES string of the molecule is CN=C(NCc1ccc(S(=O)(=O)N(C)C(C)C)cc1)NCC1CCCO1. The molecule has 0 spiro atoms. The number of rotatable bonds is 7. The van der Waals surface area contributed by atoms with Gasteiger partial charge in [-0.15, -0.1) is 0 Å². The number of sulfonamides is 1. The highest BCUT2D eigenvalue weighted by atomic mass is 32.2. The molecule has 146 valence electrons. The molecule has 26 heavy (non-hydrogen) atoms. The molecular formula is C18H30N4O3S. The highest BCUT2D eigenvalue weighted by Crippen LogP contribution is 2.17. The third-order valence-corrected chi connectivity index (χ3v) is 6.58. The molecule has 0 amide bonds. The summed E-state index contributed by atoms with van der Waals surface area (Å²) in [4.78, 5) is 4.50. The summed E-state index contributed by atoms with van der Waals surface area (Å²) >= 11 is 0. The molecule has 0 bridgehead atoms. The van der Waals surface area contributed by atoms with Crippen LogP contribution in [0.5, 0.6) is 0 Å². The van der Waals surface area contributed by atoms with Gasteiger partial charge in [0.25, 0.3) is 0 Å². The van der Waals surface area contributed by atoms with Gasteiger partial charge < -0.3 is 15.4 Å². The second-order valence-electron chi connectivity index (χ2n) is 6.70. The van der Waals surface area contributed by atoms with Gasteiger partial charge in [0.05, 0.1) is 11.0 Å². The van der Waals surface area contributed by atoms with E-state index < -0.39 is 10.0 Å². The molecule has 0 saturated carbocycles. The molecule has 1 saturated heterocycles. The van der Waals surface area contributed by atoms with Crippen molar-refractivity contribution in [1.29, 1.82) is 0 Å². The average Bonchev–Trinajstić information content (AvgIpc) is 3.15. The van der Waals surface area contributed by atoms with Gasteiger partial charge in [0.15, 0.2) is 5.96 Å². The van der Waals surface area contributed by atoms with Gasteiger partial charge in [-0.05, 0) is 44.4 Å². The zero-order valence-corrected chi connectivity index (χ0v) is 16.8. The van der Waals surface area contributed by atoms with Crippen LogP contribution in [0.2, 0.25) is 0 Å². The fraction of sp³-hybridized carbons (Fsp3) is 0.611. The van der Waals surface area contributed by atoms with Gasteiger partial charge in [0.1, 0.15) is 0 Å². The Hall–Kier alpha value is -1.64. The zero-order valence-electron chi connectivity index (χ0n) is 16.0. The second-order valence-corrected chi connectivity index (χ2v) is 8.70. The first kappa shape index (κ1) is 20.7. The lowest BCUT2D eigenvalue weighted by Crippen LogP contribution is -2.40. The Bertz CT molecular complexity index is 696. The lowest BCUT2D eigenvalue weighted by molar-refractivity contribution is 0.114. The van der Waals surface area contributed by atoms with Crippen molar-refractivity contribution in [3.63, 3.8) is 0 Å². The summed E-state index contributed by atoms with van der Waals surface area (Å²) in [7, 11) is -0.125. The number of aliphatic imine (C=N–C) groups is 1. The third-order valence-electron chi connectivity index (χ3n) is 4.53. The molecule has 7 nitrogen and oxygen atoms in total. The Kier molecular flexibility index (Phi) is 7.43. The van der Waals surface area contributed by atoms with E-state index in [0.717, 1.165) is 31.6 Å². The average molecular weight is 383 g/mol. The van der Waals surface area contributed by atoms with E-state index in [2.05, 4.69) is 15.6 Å². The molecule has 1 unspecified atom stereocenters. The number of hydrogen-bond acceptors (Lipinski definition) is 4. The maximum absolute atomic E-state index is 12.5. The number of ether oxygens (including phenoxy) is 1. The highest BCUT2D eigenvalue weighted by Gasteiger charge is 2.22. The zero-order chi connectivity index (χ0) is 19.2. The largest absolute Gasteiger partial charge is 0.376 e. The van der Waals surface area contributed by atoms with Gasteiger partial charge in [0.2, 0.25) is 10.0 Å². The number of benzene rings is 1. The van der Waals surface area contributed by atoms with Crippen molar-refractivity contribution in [2.45, 2.75) is 50.3 Å². The fourth-order valence-electron chi connectivity index (χ4n) is 2.65. The molecule has 1 aromatic rings. The normalized spacial score (nSPS) is 18.5. The van der Waals surface area contributed by atoms with Crippen LogP contribution in [0, 0.1) is 0 Å². The van der Waals surface area contributed by atoms with Crippen LogP contribution in [0.4, 0.5) is 0 Å². The van der Waals surface area contributed by atoms with Crippen LogP contribution >= 0.6 is 0 Å². The van der Waals surface area contributed by atoms with E-state index in [-0.39, 0.29) is 12.1 Å². The summed E-state index contributed by atoms with van der Waals surface area (Å²) in [6.07, 6.45) is 2.43. The first-order valence-corrected chi connectivity index (χ1v) is 10.4. The van der Waals surface area contributed by atoms with Gasteiger partial charge in [0, 0.05) is 39.8 Å². The lowest BCUT2D eigenvalue weighted by Gasteiger charge is -2.21. The predicted molar refractivity (Wildman–Crippen MR) is 104 cm³/mol. The van der Waals surface area contributed by atoms with Crippen molar-refractivity contribution in [1.82, 2.24) is 14.9 Å². The van der Waals surface area contributed by atoms with Gasteiger partial charge in [-0.3, -0.25) is 4.99 Å². The van der Waals surface area contributed by atoms with Crippen LogP contribution in [0.1, 0.15) is 32.3 Å². The molecular weight excluding hydrogens is 352 g/mol. The van der Waals surface area contributed by atoms with Gasteiger partial charge >= 0.3 is 0 Å². The molecule has 1 aromatic carbocycles. The van der Waals surface area contributed by atoms with Crippen molar-refractivity contribution in [2.75, 3.05) is 27.2 Å². The molecule has 0 aliphatic carbocycles. The molecule has 1 fully saturated rings. The van der Waals surface area contributed by atoms with Crippen molar-refractivity contribution >= 4 is 16.0 Å². The minimum atomic E-state index is -3.45. The molecule has 0 radical (unpaired) electrons. The van der Waals surface area contributed by atoms with Gasteiger partial charge in [-0.2, -0.15) is 4.31 Å². The Balaban J connectivity index is 1.90. The van der Waals surface area contributed by atoms with Crippen LogP contribution in [-0.4, -0.2) is 58.1 Å². The molecule has 2 N–H and O–H groups in total. The molecule has 0 aromatic heterocycles. The highest BCUT2D eigenvalue weighted by molar-refractivity contribution is 7.89. The van der Waals surface area contributed by atoms with Gasteiger partial charge in [-0.25, -0.2) is 8.42 Å². The standard InChI is InChI=1S/C18H30N4O3S/c1-14(2)22(4)26(23,24)17-9-7-15(8-10-17)12-20-18(19-3)21-13-16-6-5-11-25-16/h7-10,14,16H,5-6,11-13H2,1-4H3,(H2,19,20,21). The first-order chi connectivity index (χ1) is 12.3. The number of guanidine groups is 1. The van der Waals surface area contributed by atoms with E-state index >= 15 is 0 Å². The van der Waals surface area contributed by atoms with E-state index in [1.54, 1.807) is 26.2 Å². The number of nitrogens with one attached hydrogen (secondary N) is 2. The van der Waals surface area contributed by atoms with Crippen LogP contribution < -0.4 is 10.6 Å². The Morgan fingerprint density at radius 2 is 2.00 bits per heavy atom. The summed E-state index contributed by atoms with van der Waals surface area (Å²) < 4.78 is 31.9. The van der Waals surface area contributed by atoms with Crippen LogP contribution in [-0.2, 0) is 21.3 Å². The summed E-state index contributed by atoms with van der Waals surface area (Å²) in [6, 6.07) is 6.85. The molecule has 1 atom stereocenters. The smallest absolute Gasteiger partial charge is 0.243 e. The Morgan fingerprint density at radius 3 is 2.54 bits per heavy atom. The van der Waals surface area contributed by atoms with E-state index in [1.165, 1.54) is 4.31 Å². The molecule has 1 aliphatic heterocycles. The van der Waals surface area contributed by atoms with Crippen LogP contribution in [0.3, 0.4) is 0 Å². The van der Waals surface area contributed by atoms with Crippen molar-refractivity contribution in [3.8, 4) is 0 Å². The predicted octanol–water partition coefficient (Wildman–Crippen LogP) is 1.56. The van der Waals surface area contributed by atoms with Crippen LogP contribution in [0.25, 0.3) is 0 Å².